The first-order valence-corrected chi connectivity index (χ1v) is 6.20. The van der Waals surface area contributed by atoms with E-state index in [9.17, 15) is 4.79 Å². The van der Waals surface area contributed by atoms with Crippen molar-refractivity contribution in [3.63, 3.8) is 0 Å². The van der Waals surface area contributed by atoms with Gasteiger partial charge in [-0.2, -0.15) is 0 Å². The average Bonchev–Trinajstić information content (AvgIpc) is 2.81. The third-order valence-electron chi connectivity index (χ3n) is 2.35. The lowest BCUT2D eigenvalue weighted by Gasteiger charge is -2.10. The summed E-state index contributed by atoms with van der Waals surface area (Å²) in [6.07, 6.45) is 1.66. The minimum Gasteiger partial charge on any atom is -0.378 e. The Balaban J connectivity index is 2.08. The Morgan fingerprint density at radius 2 is 2.32 bits per heavy atom. The molecule has 0 unspecified atom stereocenters. The van der Waals surface area contributed by atoms with Gasteiger partial charge in [-0.3, -0.25) is 4.79 Å². The van der Waals surface area contributed by atoms with Crippen LogP contribution in [0.4, 0.5) is 0 Å². The van der Waals surface area contributed by atoms with E-state index < -0.39 is 0 Å². The van der Waals surface area contributed by atoms with Crippen molar-refractivity contribution in [3.05, 3.63) is 11.9 Å². The molecule has 0 aliphatic heterocycles. The van der Waals surface area contributed by atoms with Gasteiger partial charge in [-0.05, 0) is 14.1 Å². The number of carbonyl (C=O) groups is 1. The molecular formula is C11H22N6O2. The summed E-state index contributed by atoms with van der Waals surface area (Å²) < 4.78 is 6.82. The smallest absolute Gasteiger partial charge is 0.241 e. The number of aromatic nitrogens is 3. The van der Waals surface area contributed by atoms with Gasteiger partial charge < -0.3 is 20.7 Å². The van der Waals surface area contributed by atoms with Crippen molar-refractivity contribution in [2.24, 2.45) is 5.73 Å². The van der Waals surface area contributed by atoms with Crippen LogP contribution >= 0.6 is 0 Å². The second kappa shape index (κ2) is 8.57. The molecule has 1 aromatic rings. The first kappa shape index (κ1) is 15.5. The number of carbonyl (C=O) groups excluding carboxylic acids is 1. The highest BCUT2D eigenvalue weighted by Gasteiger charge is 2.04. The molecule has 0 spiro atoms. The van der Waals surface area contributed by atoms with Crippen LogP contribution in [0.25, 0.3) is 0 Å². The van der Waals surface area contributed by atoms with Crippen molar-refractivity contribution >= 4 is 5.91 Å². The van der Waals surface area contributed by atoms with Gasteiger partial charge in [0, 0.05) is 19.6 Å². The van der Waals surface area contributed by atoms with Crippen molar-refractivity contribution < 1.29 is 9.53 Å². The van der Waals surface area contributed by atoms with Gasteiger partial charge in [-0.1, -0.05) is 5.21 Å². The Hall–Kier alpha value is -1.51. The molecule has 0 radical (unpaired) electrons. The molecule has 8 heteroatoms. The van der Waals surface area contributed by atoms with Gasteiger partial charge in [0.25, 0.3) is 0 Å². The standard InChI is InChI=1S/C11H22N6O2/c1-16(2)4-6-19-5-3-13-11(18)9-17-8-10(7-12)14-15-17/h8H,3-7,9,12H2,1-2H3,(H,13,18). The quantitative estimate of drug-likeness (QED) is 0.526. The number of nitrogens with one attached hydrogen (secondary N) is 1. The monoisotopic (exact) mass is 270 g/mol. The lowest BCUT2D eigenvalue weighted by Crippen LogP contribution is -2.31. The summed E-state index contributed by atoms with van der Waals surface area (Å²) in [5, 5.41) is 10.3. The summed E-state index contributed by atoms with van der Waals surface area (Å²) in [6.45, 7) is 2.99. The Bertz CT molecular complexity index is 379. The fourth-order valence-electron chi connectivity index (χ4n) is 1.32. The first-order valence-electron chi connectivity index (χ1n) is 6.20. The maximum Gasteiger partial charge on any atom is 0.241 e. The third kappa shape index (κ3) is 6.85. The molecule has 19 heavy (non-hydrogen) atoms. The van der Waals surface area contributed by atoms with Crippen molar-refractivity contribution in [1.29, 1.82) is 0 Å². The summed E-state index contributed by atoms with van der Waals surface area (Å²) in [7, 11) is 3.97. The van der Waals surface area contributed by atoms with Crippen LogP contribution in [-0.4, -0.2) is 66.2 Å². The molecule has 1 aromatic heterocycles. The molecule has 8 nitrogen and oxygen atoms in total. The lowest BCUT2D eigenvalue weighted by molar-refractivity contribution is -0.122. The summed E-state index contributed by atoms with van der Waals surface area (Å²) in [5.74, 6) is -0.121. The summed E-state index contributed by atoms with van der Waals surface area (Å²) in [5.41, 5.74) is 6.07. The topological polar surface area (TPSA) is 98.3 Å². The molecule has 0 atom stereocenters. The minimum atomic E-state index is -0.121. The van der Waals surface area contributed by atoms with E-state index in [2.05, 4.69) is 15.6 Å². The molecule has 0 saturated carbocycles. The molecule has 108 valence electrons. The zero-order valence-electron chi connectivity index (χ0n) is 11.5. The minimum absolute atomic E-state index is 0.121. The number of hydrogen-bond acceptors (Lipinski definition) is 6. The predicted molar refractivity (Wildman–Crippen MR) is 70.3 cm³/mol. The van der Waals surface area contributed by atoms with Gasteiger partial charge in [-0.25, -0.2) is 4.68 Å². The number of hydrogen-bond donors (Lipinski definition) is 2. The van der Waals surface area contributed by atoms with E-state index in [-0.39, 0.29) is 12.5 Å². The highest BCUT2D eigenvalue weighted by Crippen LogP contribution is 1.90. The molecule has 0 bridgehead atoms. The highest BCUT2D eigenvalue weighted by molar-refractivity contribution is 5.75. The molecule has 3 N–H and O–H groups in total. The molecule has 0 aliphatic rings. The summed E-state index contributed by atoms with van der Waals surface area (Å²) in [4.78, 5) is 13.6. The van der Waals surface area contributed by atoms with E-state index in [0.717, 1.165) is 6.54 Å². The van der Waals surface area contributed by atoms with Crippen LogP contribution in [0.5, 0.6) is 0 Å². The molecule has 0 fully saturated rings. The van der Waals surface area contributed by atoms with Gasteiger partial charge in [0.05, 0.1) is 25.1 Å². The molecule has 0 aromatic carbocycles. The Morgan fingerprint density at radius 1 is 1.53 bits per heavy atom. The van der Waals surface area contributed by atoms with Gasteiger partial charge in [0.15, 0.2) is 0 Å². The van der Waals surface area contributed by atoms with Crippen LogP contribution in [0.2, 0.25) is 0 Å². The Kier molecular flexibility index (Phi) is 7.01. The van der Waals surface area contributed by atoms with Crippen LogP contribution in [-0.2, 0) is 22.6 Å². The second-order valence-corrected chi connectivity index (χ2v) is 4.38. The zero-order valence-corrected chi connectivity index (χ0v) is 11.5. The summed E-state index contributed by atoms with van der Waals surface area (Å²) in [6, 6.07) is 0. The third-order valence-corrected chi connectivity index (χ3v) is 2.35. The number of nitrogens with zero attached hydrogens (tertiary/aromatic N) is 4. The fourth-order valence-corrected chi connectivity index (χ4v) is 1.32. The van der Waals surface area contributed by atoms with E-state index in [1.807, 2.05) is 19.0 Å². The number of likely N-dealkylation sites (N-methyl/N-ethyl adjacent to an activating group) is 1. The molecule has 1 amide bonds. The maximum absolute atomic E-state index is 11.6. The fraction of sp³-hybridized carbons (Fsp3) is 0.727. The SMILES string of the molecule is CN(C)CCOCCNC(=O)Cn1cc(CN)nn1. The van der Waals surface area contributed by atoms with Crippen LogP contribution in [0.15, 0.2) is 6.20 Å². The number of amides is 1. The number of rotatable bonds is 9. The van der Waals surface area contributed by atoms with E-state index in [0.29, 0.717) is 32.0 Å². The van der Waals surface area contributed by atoms with Crippen LogP contribution in [0, 0.1) is 0 Å². The number of nitrogens with two attached hydrogens (primary N) is 1. The van der Waals surface area contributed by atoms with Crippen LogP contribution in [0.1, 0.15) is 5.69 Å². The Morgan fingerprint density at radius 3 is 2.95 bits per heavy atom. The van der Waals surface area contributed by atoms with Crippen LogP contribution < -0.4 is 11.1 Å². The van der Waals surface area contributed by atoms with E-state index >= 15 is 0 Å². The highest BCUT2D eigenvalue weighted by atomic mass is 16.5. The van der Waals surface area contributed by atoms with E-state index in [4.69, 9.17) is 10.5 Å². The molecule has 1 heterocycles. The van der Waals surface area contributed by atoms with Gasteiger partial charge >= 0.3 is 0 Å². The van der Waals surface area contributed by atoms with Crippen molar-refractivity contribution in [1.82, 2.24) is 25.2 Å². The Labute approximate surface area is 112 Å². The predicted octanol–water partition coefficient (Wildman–Crippen LogP) is -1.57. The maximum atomic E-state index is 11.6. The number of ether oxygens (including phenoxy) is 1. The lowest BCUT2D eigenvalue weighted by atomic mass is 10.5. The first-order chi connectivity index (χ1) is 9.11. The molecular weight excluding hydrogens is 248 g/mol. The normalized spacial score (nSPS) is 10.9. The van der Waals surface area contributed by atoms with Gasteiger partial charge in [0.2, 0.25) is 5.91 Å². The van der Waals surface area contributed by atoms with E-state index in [1.165, 1.54) is 4.68 Å². The molecule has 0 aliphatic carbocycles. The van der Waals surface area contributed by atoms with Gasteiger partial charge in [0.1, 0.15) is 6.54 Å². The van der Waals surface area contributed by atoms with Crippen molar-refractivity contribution in [3.8, 4) is 0 Å². The summed E-state index contributed by atoms with van der Waals surface area (Å²) >= 11 is 0. The molecule has 0 saturated heterocycles. The largest absolute Gasteiger partial charge is 0.378 e. The molecule has 1 rings (SSSR count). The van der Waals surface area contributed by atoms with E-state index in [1.54, 1.807) is 6.20 Å². The average molecular weight is 270 g/mol. The second-order valence-electron chi connectivity index (χ2n) is 4.38. The van der Waals surface area contributed by atoms with Crippen LogP contribution in [0.3, 0.4) is 0 Å². The zero-order chi connectivity index (χ0) is 14.1. The van der Waals surface area contributed by atoms with Gasteiger partial charge in [-0.15, -0.1) is 5.10 Å². The van der Waals surface area contributed by atoms with Crippen molar-refractivity contribution in [2.45, 2.75) is 13.1 Å². The van der Waals surface area contributed by atoms with Crippen molar-refractivity contribution in [2.75, 3.05) is 40.4 Å².